The molecule has 0 unspecified atom stereocenters. The molecule has 0 bridgehead atoms. The minimum Gasteiger partial charge on any atom is -0.301 e. The lowest BCUT2D eigenvalue weighted by molar-refractivity contribution is 0.307. The van der Waals surface area contributed by atoms with Gasteiger partial charge in [-0.2, -0.15) is 5.10 Å². The Hall–Kier alpha value is -0.0600. The van der Waals surface area contributed by atoms with E-state index in [0.717, 1.165) is 42.1 Å². The predicted molar refractivity (Wildman–Crippen MR) is 81.2 cm³/mol. The maximum atomic E-state index is 5.68. The van der Waals surface area contributed by atoms with Crippen molar-refractivity contribution in [1.82, 2.24) is 14.7 Å². The Labute approximate surface area is 124 Å². The Balaban J connectivity index is 2.50. The van der Waals surface area contributed by atoms with Crippen molar-refractivity contribution in [2.45, 2.75) is 46.2 Å². The number of hydrogen-bond acceptors (Lipinski definition) is 2. The Bertz CT molecular complexity index is 365. The molecular formula is C13H23BrClN3. The summed E-state index contributed by atoms with van der Waals surface area (Å²) in [5.41, 5.74) is 2.34. The third kappa shape index (κ3) is 4.56. The maximum Gasteiger partial charge on any atom is 0.0739 e. The van der Waals surface area contributed by atoms with Crippen LogP contribution < -0.4 is 0 Å². The fourth-order valence-electron chi connectivity index (χ4n) is 2.01. The summed E-state index contributed by atoms with van der Waals surface area (Å²) in [6, 6.07) is 0. The maximum absolute atomic E-state index is 5.68. The fraction of sp³-hybridized carbons (Fsp3) is 0.769. The van der Waals surface area contributed by atoms with Crippen LogP contribution in [0.2, 0.25) is 0 Å². The molecule has 0 N–H and O–H groups in total. The lowest BCUT2D eigenvalue weighted by atomic mass is 10.2. The number of halogens is 2. The van der Waals surface area contributed by atoms with Crippen molar-refractivity contribution >= 4 is 27.5 Å². The molecule has 1 heterocycles. The summed E-state index contributed by atoms with van der Waals surface area (Å²) in [6.07, 6.45) is 3.53. The van der Waals surface area contributed by atoms with E-state index in [2.05, 4.69) is 44.6 Å². The average Bonchev–Trinajstić information content (AvgIpc) is 2.62. The standard InChI is InChI=1S/C13H23BrClN3/c1-4-18-12(13(14)11(2)16-18)10-17(3)9-7-5-6-8-15/h4-10H2,1-3H3. The van der Waals surface area contributed by atoms with E-state index in [1.807, 2.05) is 6.92 Å². The number of alkyl halides is 1. The highest BCUT2D eigenvalue weighted by molar-refractivity contribution is 9.10. The van der Waals surface area contributed by atoms with Crippen LogP contribution in [0.15, 0.2) is 4.47 Å². The molecule has 0 fully saturated rings. The van der Waals surface area contributed by atoms with Gasteiger partial charge in [0.05, 0.1) is 15.9 Å². The Morgan fingerprint density at radius 3 is 2.67 bits per heavy atom. The number of hydrogen-bond donors (Lipinski definition) is 0. The van der Waals surface area contributed by atoms with Crippen molar-refractivity contribution in [3.8, 4) is 0 Å². The van der Waals surface area contributed by atoms with Crippen LogP contribution in [0.5, 0.6) is 0 Å². The van der Waals surface area contributed by atoms with Crippen LogP contribution in [0, 0.1) is 6.92 Å². The molecule has 0 aromatic carbocycles. The van der Waals surface area contributed by atoms with Crippen molar-refractivity contribution in [1.29, 1.82) is 0 Å². The largest absolute Gasteiger partial charge is 0.301 e. The van der Waals surface area contributed by atoms with Gasteiger partial charge in [0.2, 0.25) is 0 Å². The van der Waals surface area contributed by atoms with Gasteiger partial charge < -0.3 is 4.90 Å². The second kappa shape index (κ2) is 8.18. The van der Waals surface area contributed by atoms with Crippen LogP contribution in [0.1, 0.15) is 37.6 Å². The molecule has 0 saturated carbocycles. The van der Waals surface area contributed by atoms with E-state index in [4.69, 9.17) is 11.6 Å². The average molecular weight is 337 g/mol. The molecular weight excluding hydrogens is 314 g/mol. The van der Waals surface area contributed by atoms with E-state index in [-0.39, 0.29) is 0 Å². The van der Waals surface area contributed by atoms with Crippen molar-refractivity contribution in [3.05, 3.63) is 15.9 Å². The second-order valence-corrected chi connectivity index (χ2v) is 5.82. The van der Waals surface area contributed by atoms with Gasteiger partial charge in [-0.15, -0.1) is 11.6 Å². The van der Waals surface area contributed by atoms with Crippen molar-refractivity contribution in [2.24, 2.45) is 0 Å². The third-order valence-corrected chi connectivity index (χ3v) is 4.34. The van der Waals surface area contributed by atoms with Gasteiger partial charge in [-0.1, -0.05) is 6.42 Å². The quantitative estimate of drug-likeness (QED) is 0.531. The number of rotatable bonds is 8. The lowest BCUT2D eigenvalue weighted by Gasteiger charge is -2.17. The highest BCUT2D eigenvalue weighted by Gasteiger charge is 2.13. The number of nitrogens with zero attached hydrogens (tertiary/aromatic N) is 3. The van der Waals surface area contributed by atoms with Crippen LogP contribution in [-0.2, 0) is 13.1 Å². The monoisotopic (exact) mass is 335 g/mol. The fourth-order valence-corrected chi connectivity index (χ4v) is 2.61. The first-order valence-electron chi connectivity index (χ1n) is 6.56. The molecule has 1 aromatic rings. The van der Waals surface area contributed by atoms with Crippen LogP contribution in [0.3, 0.4) is 0 Å². The summed E-state index contributed by atoms with van der Waals surface area (Å²) in [4.78, 5) is 2.35. The molecule has 3 nitrogen and oxygen atoms in total. The van der Waals surface area contributed by atoms with Crippen molar-refractivity contribution < 1.29 is 0 Å². The Kier molecular flexibility index (Phi) is 7.27. The third-order valence-electron chi connectivity index (χ3n) is 3.05. The molecule has 18 heavy (non-hydrogen) atoms. The van der Waals surface area contributed by atoms with Gasteiger partial charge in [0.15, 0.2) is 0 Å². The molecule has 0 aliphatic rings. The molecule has 0 spiro atoms. The first-order chi connectivity index (χ1) is 8.60. The van der Waals surface area contributed by atoms with Crippen LogP contribution in [0.25, 0.3) is 0 Å². The van der Waals surface area contributed by atoms with E-state index in [9.17, 15) is 0 Å². The number of aromatic nitrogens is 2. The summed E-state index contributed by atoms with van der Waals surface area (Å²) in [5, 5.41) is 4.52. The summed E-state index contributed by atoms with van der Waals surface area (Å²) in [7, 11) is 2.16. The molecule has 104 valence electrons. The molecule has 0 atom stereocenters. The normalized spacial score (nSPS) is 11.4. The molecule has 0 radical (unpaired) electrons. The van der Waals surface area contributed by atoms with Crippen LogP contribution in [0.4, 0.5) is 0 Å². The molecule has 1 rings (SSSR count). The zero-order valence-electron chi connectivity index (χ0n) is 11.5. The number of aryl methyl sites for hydroxylation is 2. The number of unbranched alkanes of at least 4 members (excludes halogenated alkanes) is 2. The summed E-state index contributed by atoms with van der Waals surface area (Å²) in [5.74, 6) is 0.775. The zero-order valence-corrected chi connectivity index (χ0v) is 13.9. The highest BCUT2D eigenvalue weighted by atomic mass is 79.9. The van der Waals surface area contributed by atoms with E-state index >= 15 is 0 Å². The second-order valence-electron chi connectivity index (χ2n) is 4.65. The van der Waals surface area contributed by atoms with Crippen molar-refractivity contribution in [3.63, 3.8) is 0 Å². The van der Waals surface area contributed by atoms with E-state index in [1.54, 1.807) is 0 Å². The molecule has 0 amide bonds. The molecule has 0 saturated heterocycles. The summed E-state index contributed by atoms with van der Waals surface area (Å²) >= 11 is 9.31. The van der Waals surface area contributed by atoms with E-state index in [0.29, 0.717) is 0 Å². The van der Waals surface area contributed by atoms with Crippen LogP contribution in [-0.4, -0.2) is 34.2 Å². The van der Waals surface area contributed by atoms with Crippen molar-refractivity contribution in [2.75, 3.05) is 19.5 Å². The molecule has 1 aromatic heterocycles. The predicted octanol–water partition coefficient (Wildman–Crippen LogP) is 3.81. The van der Waals surface area contributed by atoms with Crippen LogP contribution >= 0.6 is 27.5 Å². The minimum atomic E-state index is 0.775. The van der Waals surface area contributed by atoms with Gasteiger partial charge in [-0.3, -0.25) is 4.68 Å². The molecule has 5 heteroatoms. The topological polar surface area (TPSA) is 21.1 Å². The van der Waals surface area contributed by atoms with Gasteiger partial charge in [0.1, 0.15) is 0 Å². The van der Waals surface area contributed by atoms with Gasteiger partial charge in [-0.25, -0.2) is 0 Å². The first kappa shape index (κ1) is 16.0. The smallest absolute Gasteiger partial charge is 0.0739 e. The molecule has 0 aliphatic heterocycles. The highest BCUT2D eigenvalue weighted by Crippen LogP contribution is 2.22. The summed E-state index contributed by atoms with van der Waals surface area (Å²) < 4.78 is 3.23. The molecule has 0 aliphatic carbocycles. The Morgan fingerprint density at radius 1 is 1.33 bits per heavy atom. The summed E-state index contributed by atoms with van der Waals surface area (Å²) in [6.45, 7) is 7.14. The minimum absolute atomic E-state index is 0.775. The van der Waals surface area contributed by atoms with E-state index in [1.165, 1.54) is 18.5 Å². The lowest BCUT2D eigenvalue weighted by Crippen LogP contribution is -2.21. The zero-order chi connectivity index (χ0) is 13.5. The Morgan fingerprint density at radius 2 is 2.06 bits per heavy atom. The van der Waals surface area contributed by atoms with Gasteiger partial charge in [0.25, 0.3) is 0 Å². The SMILES string of the molecule is CCn1nc(C)c(Br)c1CN(C)CCCCCCl. The van der Waals surface area contributed by atoms with E-state index < -0.39 is 0 Å². The van der Waals surface area contributed by atoms with Gasteiger partial charge in [0, 0.05) is 19.0 Å². The van der Waals surface area contributed by atoms with Gasteiger partial charge >= 0.3 is 0 Å². The first-order valence-corrected chi connectivity index (χ1v) is 7.89. The van der Waals surface area contributed by atoms with Gasteiger partial charge in [-0.05, 0) is 56.2 Å².